The number of nitrogens with two attached hydrogens (primary N) is 1. The molecule has 0 unspecified atom stereocenters. The van der Waals surface area contributed by atoms with E-state index in [-0.39, 0.29) is 5.76 Å². The summed E-state index contributed by atoms with van der Waals surface area (Å²) >= 11 is 0. The van der Waals surface area contributed by atoms with Gasteiger partial charge in [-0.1, -0.05) is 24.3 Å². The van der Waals surface area contributed by atoms with Crippen molar-refractivity contribution in [3.8, 4) is 11.8 Å². The molecule has 2 aromatic heterocycles. The molecule has 1 aliphatic rings. The largest absolute Gasteiger partial charge is 0.497 e. The van der Waals surface area contributed by atoms with E-state index in [1.807, 2.05) is 42.5 Å². The highest BCUT2D eigenvalue weighted by Crippen LogP contribution is 2.27. The average molecular weight is 560 g/mol. The lowest BCUT2D eigenvalue weighted by molar-refractivity contribution is 0.0976. The fraction of sp³-hybridized carbons (Fsp3) is 0.235. The standard InChI is InChI=1S/C34H33N5O3/c1-41-29-9-5-24(6-10-29)22-39-23-26(30-18-25(21-35)7-11-31(30)39)4-2-3-13-37-14-16-38(17-15-37)28-8-12-32-27(19-28)20-33(42-32)34(36)40/h2,4-12,18-20,23H,3,13-17,22H2,1H3,(H2,36,40)/b4-2+. The highest BCUT2D eigenvalue weighted by molar-refractivity contribution is 5.95. The maximum atomic E-state index is 11.4. The molecule has 2 N–H and O–H groups in total. The van der Waals surface area contributed by atoms with Gasteiger partial charge in [-0.2, -0.15) is 5.26 Å². The maximum absolute atomic E-state index is 11.4. The zero-order valence-electron chi connectivity index (χ0n) is 23.6. The number of methoxy groups -OCH3 is 1. The number of ether oxygens (including phenoxy) is 1. The molecule has 1 saturated heterocycles. The molecule has 0 radical (unpaired) electrons. The number of amides is 1. The predicted octanol–water partition coefficient (Wildman–Crippen LogP) is 5.64. The van der Waals surface area contributed by atoms with Gasteiger partial charge >= 0.3 is 0 Å². The summed E-state index contributed by atoms with van der Waals surface area (Å²) in [5.74, 6) is 0.477. The second-order valence-electron chi connectivity index (χ2n) is 10.6. The molecule has 0 bridgehead atoms. The molecule has 5 aromatic rings. The van der Waals surface area contributed by atoms with Gasteiger partial charge in [0.15, 0.2) is 5.76 Å². The minimum absolute atomic E-state index is 0.187. The van der Waals surface area contributed by atoms with E-state index in [2.05, 4.69) is 57.0 Å². The normalized spacial score (nSPS) is 14.1. The zero-order valence-corrected chi connectivity index (χ0v) is 23.6. The van der Waals surface area contributed by atoms with Crippen LogP contribution in [0.3, 0.4) is 0 Å². The first-order valence-corrected chi connectivity index (χ1v) is 14.1. The molecule has 0 aliphatic carbocycles. The summed E-state index contributed by atoms with van der Waals surface area (Å²) in [5.41, 5.74) is 11.2. The molecule has 42 heavy (non-hydrogen) atoms. The number of nitriles is 1. The van der Waals surface area contributed by atoms with Gasteiger partial charge in [0, 0.05) is 67.4 Å². The van der Waals surface area contributed by atoms with Gasteiger partial charge < -0.3 is 24.4 Å². The second-order valence-corrected chi connectivity index (χ2v) is 10.6. The molecular weight excluding hydrogens is 526 g/mol. The van der Waals surface area contributed by atoms with Gasteiger partial charge in [0.1, 0.15) is 11.3 Å². The fourth-order valence-electron chi connectivity index (χ4n) is 5.63. The lowest BCUT2D eigenvalue weighted by atomic mass is 10.1. The maximum Gasteiger partial charge on any atom is 0.284 e. The fourth-order valence-corrected chi connectivity index (χ4v) is 5.63. The summed E-state index contributed by atoms with van der Waals surface area (Å²) in [6, 6.07) is 24.0. The molecule has 1 fully saturated rings. The van der Waals surface area contributed by atoms with Crippen LogP contribution in [0.2, 0.25) is 0 Å². The summed E-state index contributed by atoms with van der Waals surface area (Å²) in [4.78, 5) is 16.3. The van der Waals surface area contributed by atoms with Gasteiger partial charge in [0.25, 0.3) is 5.91 Å². The van der Waals surface area contributed by atoms with E-state index in [9.17, 15) is 10.1 Å². The average Bonchev–Trinajstić information content (AvgIpc) is 3.61. The van der Waals surface area contributed by atoms with E-state index < -0.39 is 5.91 Å². The van der Waals surface area contributed by atoms with Crippen LogP contribution in [0.4, 0.5) is 5.69 Å². The number of hydrogen-bond donors (Lipinski definition) is 1. The number of anilines is 1. The molecule has 3 aromatic carbocycles. The van der Waals surface area contributed by atoms with E-state index in [1.54, 1.807) is 13.2 Å². The monoisotopic (exact) mass is 559 g/mol. The van der Waals surface area contributed by atoms with Gasteiger partial charge in [-0.15, -0.1) is 0 Å². The number of furan rings is 1. The molecule has 212 valence electrons. The number of carbonyl (C=O) groups excluding carboxylic acids is 1. The van der Waals surface area contributed by atoms with Crippen LogP contribution in [0.15, 0.2) is 83.4 Å². The number of benzene rings is 3. The number of aromatic nitrogens is 1. The Bertz CT molecular complexity index is 1800. The minimum Gasteiger partial charge on any atom is -0.497 e. The first-order chi connectivity index (χ1) is 20.5. The summed E-state index contributed by atoms with van der Waals surface area (Å²) in [7, 11) is 1.67. The Hall–Kier alpha value is -5.00. The quantitative estimate of drug-likeness (QED) is 0.251. The van der Waals surface area contributed by atoms with E-state index in [0.29, 0.717) is 11.1 Å². The number of primary amides is 1. The number of piperazine rings is 1. The van der Waals surface area contributed by atoms with Crippen molar-refractivity contribution in [3.63, 3.8) is 0 Å². The van der Waals surface area contributed by atoms with Crippen molar-refractivity contribution >= 4 is 39.5 Å². The predicted molar refractivity (Wildman–Crippen MR) is 166 cm³/mol. The van der Waals surface area contributed by atoms with Crippen molar-refractivity contribution in [1.82, 2.24) is 9.47 Å². The summed E-state index contributed by atoms with van der Waals surface area (Å²) in [5, 5.41) is 11.5. The molecule has 1 aliphatic heterocycles. The van der Waals surface area contributed by atoms with Crippen LogP contribution in [0.5, 0.6) is 5.75 Å². The molecule has 8 heteroatoms. The van der Waals surface area contributed by atoms with Gasteiger partial charge in [-0.3, -0.25) is 9.69 Å². The SMILES string of the molecule is COc1ccc(Cn2cc(/C=C/CCN3CCN(c4ccc5oc(C(N)=O)cc5c4)CC3)c3cc(C#N)ccc32)cc1. The Labute approximate surface area is 244 Å². The van der Waals surface area contributed by atoms with E-state index in [0.717, 1.165) is 79.0 Å². The molecule has 6 rings (SSSR count). The van der Waals surface area contributed by atoms with Gasteiger partial charge in [0.05, 0.1) is 18.7 Å². The van der Waals surface area contributed by atoms with Crippen LogP contribution >= 0.6 is 0 Å². The Kier molecular flexibility index (Phi) is 7.67. The molecule has 0 saturated carbocycles. The molecule has 8 nitrogen and oxygen atoms in total. The van der Waals surface area contributed by atoms with Gasteiger partial charge in [0.2, 0.25) is 0 Å². The van der Waals surface area contributed by atoms with Crippen molar-refractivity contribution in [1.29, 1.82) is 5.26 Å². The molecule has 1 amide bonds. The third-order valence-electron chi connectivity index (χ3n) is 7.94. The van der Waals surface area contributed by atoms with Gasteiger partial charge in [-0.25, -0.2) is 0 Å². The third-order valence-corrected chi connectivity index (χ3v) is 7.94. The van der Waals surface area contributed by atoms with E-state index >= 15 is 0 Å². The van der Waals surface area contributed by atoms with Gasteiger partial charge in [-0.05, 0) is 72.1 Å². The van der Waals surface area contributed by atoms with Crippen molar-refractivity contribution in [2.45, 2.75) is 13.0 Å². The van der Waals surface area contributed by atoms with Crippen molar-refractivity contribution in [3.05, 3.63) is 101 Å². The first kappa shape index (κ1) is 27.2. The highest BCUT2D eigenvalue weighted by Gasteiger charge is 2.18. The lowest BCUT2D eigenvalue weighted by Gasteiger charge is -2.36. The van der Waals surface area contributed by atoms with Crippen molar-refractivity contribution in [2.75, 3.05) is 44.7 Å². The smallest absolute Gasteiger partial charge is 0.284 e. The molecule has 3 heterocycles. The lowest BCUT2D eigenvalue weighted by Crippen LogP contribution is -2.46. The topological polar surface area (TPSA) is 101 Å². The highest BCUT2D eigenvalue weighted by atomic mass is 16.5. The zero-order chi connectivity index (χ0) is 29.1. The number of carbonyl (C=O) groups is 1. The van der Waals surface area contributed by atoms with Crippen molar-refractivity contribution in [2.24, 2.45) is 5.73 Å². The van der Waals surface area contributed by atoms with E-state index in [1.165, 1.54) is 5.56 Å². The number of nitrogens with zero attached hydrogens (tertiary/aromatic N) is 4. The molecule has 0 atom stereocenters. The molecule has 0 spiro atoms. The number of fused-ring (bicyclic) bond motifs is 2. The second kappa shape index (κ2) is 11.9. The van der Waals surface area contributed by atoms with Crippen LogP contribution in [0, 0.1) is 11.3 Å². The Balaban J connectivity index is 1.08. The van der Waals surface area contributed by atoms with Crippen LogP contribution in [-0.4, -0.2) is 55.2 Å². The van der Waals surface area contributed by atoms with Crippen molar-refractivity contribution < 1.29 is 13.9 Å². The Morgan fingerprint density at radius 1 is 1.05 bits per heavy atom. The Morgan fingerprint density at radius 2 is 1.86 bits per heavy atom. The summed E-state index contributed by atoms with van der Waals surface area (Å²) in [6.07, 6.45) is 7.54. The molecular formula is C34H33N5O3. The summed E-state index contributed by atoms with van der Waals surface area (Å²) < 4.78 is 13.1. The van der Waals surface area contributed by atoms with Crippen LogP contribution in [0.25, 0.3) is 27.9 Å². The number of hydrogen-bond acceptors (Lipinski definition) is 6. The first-order valence-electron chi connectivity index (χ1n) is 14.1. The van der Waals surface area contributed by atoms with Crippen LogP contribution < -0.4 is 15.4 Å². The third kappa shape index (κ3) is 5.73. The summed E-state index contributed by atoms with van der Waals surface area (Å²) in [6.45, 7) is 5.56. The van der Waals surface area contributed by atoms with Crippen LogP contribution in [0.1, 0.15) is 33.7 Å². The van der Waals surface area contributed by atoms with Crippen LogP contribution in [-0.2, 0) is 6.54 Å². The minimum atomic E-state index is -0.554. The Morgan fingerprint density at radius 3 is 2.60 bits per heavy atom. The van der Waals surface area contributed by atoms with E-state index in [4.69, 9.17) is 14.9 Å². The number of rotatable bonds is 9.